The minimum absolute atomic E-state index is 0.281. The number of nitrogens with zero attached hydrogens (tertiary/aromatic N) is 4. The summed E-state index contributed by atoms with van der Waals surface area (Å²) in [5.41, 5.74) is 0.715. The zero-order valence-electron chi connectivity index (χ0n) is 10.4. The van der Waals surface area contributed by atoms with Gasteiger partial charge in [-0.15, -0.1) is 0 Å². The Morgan fingerprint density at radius 2 is 2.28 bits per heavy atom. The van der Waals surface area contributed by atoms with Crippen LogP contribution in [-0.4, -0.2) is 32.8 Å². The minimum Gasteiger partial charge on any atom is -0.353 e. The summed E-state index contributed by atoms with van der Waals surface area (Å²) in [6.45, 7) is 3.22. The van der Waals surface area contributed by atoms with Gasteiger partial charge in [0.05, 0.1) is 11.6 Å². The number of H-pyrrole nitrogens is 1. The normalized spacial score (nSPS) is 15.2. The second-order valence-corrected chi connectivity index (χ2v) is 5.06. The van der Waals surface area contributed by atoms with Crippen molar-refractivity contribution in [3.05, 3.63) is 11.5 Å². The molecule has 0 spiro atoms. The van der Waals surface area contributed by atoms with E-state index < -0.39 is 0 Å². The molecule has 1 aliphatic rings. The molecule has 0 aromatic carbocycles. The van der Waals surface area contributed by atoms with E-state index in [1.807, 2.05) is 0 Å². The second-order valence-electron chi connectivity index (χ2n) is 4.73. The van der Waals surface area contributed by atoms with Crippen LogP contribution < -0.4 is 4.90 Å². The van der Waals surface area contributed by atoms with Gasteiger partial charge in [0.15, 0.2) is 5.65 Å². The third-order valence-corrected chi connectivity index (χ3v) is 3.44. The second kappa shape index (κ2) is 4.72. The summed E-state index contributed by atoms with van der Waals surface area (Å²) in [6.07, 6.45) is 6.60. The summed E-state index contributed by atoms with van der Waals surface area (Å²) in [7, 11) is 0. The van der Waals surface area contributed by atoms with Gasteiger partial charge in [0, 0.05) is 12.6 Å². The van der Waals surface area contributed by atoms with Crippen LogP contribution in [0, 0.1) is 0 Å². The molecule has 3 rings (SSSR count). The largest absolute Gasteiger partial charge is 0.353 e. The molecule has 1 aliphatic carbocycles. The van der Waals surface area contributed by atoms with E-state index in [-0.39, 0.29) is 5.28 Å². The molecule has 0 unspecified atom stereocenters. The van der Waals surface area contributed by atoms with Crippen LogP contribution in [0.1, 0.15) is 32.6 Å². The summed E-state index contributed by atoms with van der Waals surface area (Å²) in [4.78, 5) is 10.9. The Morgan fingerprint density at radius 1 is 1.44 bits per heavy atom. The first kappa shape index (κ1) is 11.7. The number of halogens is 1. The predicted octanol–water partition coefficient (Wildman–Crippen LogP) is 2.78. The van der Waals surface area contributed by atoms with Gasteiger partial charge in [-0.2, -0.15) is 15.1 Å². The van der Waals surface area contributed by atoms with Gasteiger partial charge in [0.25, 0.3) is 0 Å². The fraction of sp³-hybridized carbons (Fsp3) is 0.583. The van der Waals surface area contributed by atoms with E-state index in [1.165, 1.54) is 19.3 Å². The lowest BCUT2D eigenvalue weighted by Crippen LogP contribution is -2.28. The summed E-state index contributed by atoms with van der Waals surface area (Å²) in [5, 5.41) is 8.13. The maximum Gasteiger partial charge on any atom is 0.226 e. The third kappa shape index (κ3) is 2.14. The van der Waals surface area contributed by atoms with E-state index >= 15 is 0 Å². The Bertz CT molecular complexity index is 548. The maximum atomic E-state index is 5.99. The van der Waals surface area contributed by atoms with Crippen molar-refractivity contribution in [3.63, 3.8) is 0 Å². The van der Waals surface area contributed by atoms with Crippen molar-refractivity contribution in [2.45, 2.75) is 38.6 Å². The molecule has 0 bridgehead atoms. The molecule has 5 nitrogen and oxygen atoms in total. The highest BCUT2D eigenvalue weighted by atomic mass is 35.5. The van der Waals surface area contributed by atoms with Gasteiger partial charge in [-0.05, 0) is 30.9 Å². The van der Waals surface area contributed by atoms with E-state index in [2.05, 4.69) is 32.0 Å². The highest BCUT2D eigenvalue weighted by Gasteiger charge is 2.31. The Hall–Kier alpha value is -1.36. The van der Waals surface area contributed by atoms with Crippen LogP contribution >= 0.6 is 11.6 Å². The Morgan fingerprint density at radius 3 is 3.00 bits per heavy atom. The average molecular weight is 266 g/mol. The molecule has 2 aromatic heterocycles. The fourth-order valence-electron chi connectivity index (χ4n) is 2.19. The molecule has 0 saturated heterocycles. The molecule has 0 amide bonds. The van der Waals surface area contributed by atoms with Crippen molar-refractivity contribution in [3.8, 4) is 0 Å². The molecule has 2 aromatic rings. The van der Waals surface area contributed by atoms with Crippen molar-refractivity contribution >= 4 is 28.5 Å². The number of aromatic amines is 1. The first-order valence-corrected chi connectivity index (χ1v) is 6.80. The number of rotatable bonds is 5. The minimum atomic E-state index is 0.281. The molecule has 1 fully saturated rings. The average Bonchev–Trinajstić information content (AvgIpc) is 3.08. The van der Waals surface area contributed by atoms with E-state index in [1.54, 1.807) is 6.20 Å². The summed E-state index contributed by atoms with van der Waals surface area (Å²) in [6, 6.07) is 0.612. The van der Waals surface area contributed by atoms with Crippen molar-refractivity contribution in [2.24, 2.45) is 0 Å². The molecule has 0 radical (unpaired) electrons. The zero-order valence-corrected chi connectivity index (χ0v) is 11.1. The van der Waals surface area contributed by atoms with Crippen LogP contribution in [0.5, 0.6) is 0 Å². The van der Waals surface area contributed by atoms with Gasteiger partial charge in [-0.1, -0.05) is 13.3 Å². The zero-order chi connectivity index (χ0) is 12.5. The van der Waals surface area contributed by atoms with Gasteiger partial charge in [-0.25, -0.2) is 0 Å². The number of aromatic nitrogens is 4. The molecular weight excluding hydrogens is 250 g/mol. The number of unbranched alkanes of at least 4 members (excludes halogenated alkanes) is 1. The highest BCUT2D eigenvalue weighted by molar-refractivity contribution is 6.28. The van der Waals surface area contributed by atoms with E-state index in [9.17, 15) is 0 Å². The standard InChI is InChI=1S/C12H16ClN5/c1-2-3-6-18(8-4-5-8)11-9-7-14-17-10(9)15-12(13)16-11/h7-8H,2-6H2,1H3,(H,14,15,16,17). The monoisotopic (exact) mass is 265 g/mol. The summed E-state index contributed by atoms with van der Waals surface area (Å²) in [5.74, 6) is 0.926. The predicted molar refractivity (Wildman–Crippen MR) is 72.0 cm³/mol. The number of nitrogens with one attached hydrogen (secondary N) is 1. The van der Waals surface area contributed by atoms with Crippen LogP contribution in [0.2, 0.25) is 5.28 Å². The fourth-order valence-corrected chi connectivity index (χ4v) is 2.35. The van der Waals surface area contributed by atoms with Crippen LogP contribution in [0.25, 0.3) is 11.0 Å². The number of anilines is 1. The van der Waals surface area contributed by atoms with E-state index in [0.29, 0.717) is 11.7 Å². The van der Waals surface area contributed by atoms with Crippen LogP contribution in [-0.2, 0) is 0 Å². The van der Waals surface area contributed by atoms with Gasteiger partial charge >= 0.3 is 0 Å². The lowest BCUT2D eigenvalue weighted by Gasteiger charge is -2.23. The lowest BCUT2D eigenvalue weighted by atomic mass is 10.3. The molecule has 96 valence electrons. The molecule has 1 N–H and O–H groups in total. The number of hydrogen-bond acceptors (Lipinski definition) is 4. The molecule has 18 heavy (non-hydrogen) atoms. The van der Waals surface area contributed by atoms with Gasteiger partial charge in [-0.3, -0.25) is 5.10 Å². The molecule has 1 saturated carbocycles. The SMILES string of the molecule is CCCCN(c1nc(Cl)nc2[nH]ncc12)C1CC1. The maximum absolute atomic E-state index is 5.99. The molecule has 0 aliphatic heterocycles. The van der Waals surface area contributed by atoms with E-state index in [4.69, 9.17) is 11.6 Å². The first-order valence-electron chi connectivity index (χ1n) is 6.43. The topological polar surface area (TPSA) is 57.7 Å². The van der Waals surface area contributed by atoms with Crippen molar-refractivity contribution < 1.29 is 0 Å². The number of hydrogen-bond donors (Lipinski definition) is 1. The Kier molecular flexibility index (Phi) is 3.07. The molecule has 0 atom stereocenters. The van der Waals surface area contributed by atoms with Gasteiger partial charge in [0.2, 0.25) is 5.28 Å². The van der Waals surface area contributed by atoms with Gasteiger partial charge < -0.3 is 4.90 Å². The third-order valence-electron chi connectivity index (χ3n) is 3.27. The van der Waals surface area contributed by atoms with Gasteiger partial charge in [0.1, 0.15) is 5.82 Å². The highest BCUT2D eigenvalue weighted by Crippen LogP contribution is 2.34. The van der Waals surface area contributed by atoms with Crippen molar-refractivity contribution in [1.29, 1.82) is 0 Å². The van der Waals surface area contributed by atoms with Crippen LogP contribution in [0.4, 0.5) is 5.82 Å². The Balaban J connectivity index is 2.01. The molecule has 2 heterocycles. The van der Waals surface area contributed by atoms with E-state index in [0.717, 1.165) is 24.2 Å². The molecule has 6 heteroatoms. The van der Waals surface area contributed by atoms with Crippen molar-refractivity contribution in [2.75, 3.05) is 11.4 Å². The smallest absolute Gasteiger partial charge is 0.226 e. The summed E-state index contributed by atoms with van der Waals surface area (Å²) < 4.78 is 0. The summed E-state index contributed by atoms with van der Waals surface area (Å²) >= 11 is 5.99. The number of fused-ring (bicyclic) bond motifs is 1. The lowest BCUT2D eigenvalue weighted by molar-refractivity contribution is 0.706. The van der Waals surface area contributed by atoms with Crippen LogP contribution in [0.15, 0.2) is 6.20 Å². The Labute approximate surface area is 111 Å². The molecular formula is C12H16ClN5. The van der Waals surface area contributed by atoms with Crippen LogP contribution in [0.3, 0.4) is 0 Å². The van der Waals surface area contributed by atoms with Crippen molar-refractivity contribution in [1.82, 2.24) is 20.2 Å². The first-order chi connectivity index (χ1) is 8.79. The quantitative estimate of drug-likeness (QED) is 0.845.